The highest BCUT2D eigenvalue weighted by molar-refractivity contribution is 8.38. The minimum absolute atomic E-state index is 0.118. The fourth-order valence-corrected chi connectivity index (χ4v) is 9.12. The second-order valence-corrected chi connectivity index (χ2v) is 17.4. The van der Waals surface area contributed by atoms with Crippen LogP contribution in [0, 0.1) is 11.2 Å². The molecule has 6 heteroatoms. The van der Waals surface area contributed by atoms with Crippen molar-refractivity contribution in [3.63, 3.8) is 0 Å². The summed E-state index contributed by atoms with van der Waals surface area (Å²) in [6.07, 6.45) is -0.998. The lowest BCUT2D eigenvalue weighted by molar-refractivity contribution is 0.00170. The van der Waals surface area contributed by atoms with Crippen molar-refractivity contribution in [3.05, 3.63) is 47.5 Å². The molecule has 0 aromatic heterocycles. The molecule has 0 bridgehead atoms. The molecular weight excluding hydrogens is 554 g/mol. The predicted molar refractivity (Wildman–Crippen MR) is 189 cm³/mol. The van der Waals surface area contributed by atoms with Gasteiger partial charge in [-0.15, -0.1) is 0 Å². The zero-order valence-corrected chi connectivity index (χ0v) is 30.9. The molecule has 2 amide bonds. The van der Waals surface area contributed by atoms with Gasteiger partial charge in [-0.2, -0.15) is 10.0 Å². The van der Waals surface area contributed by atoms with Gasteiger partial charge in [0.1, 0.15) is 11.2 Å². The SMILES string of the molecule is CC.CC.CC(C)S(C#Cc1cc2ccccc2cc1CCN(C(=O)OC(C)(C)C)C(=O)OC(C)(C)C)(C(C)C)C(C)C. The summed E-state index contributed by atoms with van der Waals surface area (Å²) in [7, 11) is -1.23. The van der Waals surface area contributed by atoms with Crippen molar-refractivity contribution < 1.29 is 19.1 Å². The number of ether oxygens (including phenoxy) is 2. The fourth-order valence-electron chi connectivity index (χ4n) is 4.86. The van der Waals surface area contributed by atoms with Gasteiger partial charge in [0.05, 0.1) is 0 Å². The molecule has 43 heavy (non-hydrogen) atoms. The van der Waals surface area contributed by atoms with Crippen molar-refractivity contribution in [3.8, 4) is 11.2 Å². The Hall–Kier alpha value is -2.65. The lowest BCUT2D eigenvalue weighted by atomic mass is 9.99. The number of carbonyl (C=O) groups excluding carboxylic acids is 2. The van der Waals surface area contributed by atoms with E-state index in [2.05, 4.69) is 77.0 Å². The Labute approximate surface area is 265 Å². The summed E-state index contributed by atoms with van der Waals surface area (Å²) in [5.41, 5.74) is 0.435. The largest absolute Gasteiger partial charge is 0.443 e. The first-order valence-corrected chi connectivity index (χ1v) is 17.8. The van der Waals surface area contributed by atoms with Crippen LogP contribution in [0.1, 0.15) is 122 Å². The molecule has 244 valence electrons. The van der Waals surface area contributed by atoms with Crippen LogP contribution in [0.2, 0.25) is 0 Å². The van der Waals surface area contributed by atoms with Gasteiger partial charge >= 0.3 is 12.2 Å². The summed E-state index contributed by atoms with van der Waals surface area (Å²) in [4.78, 5) is 27.2. The van der Waals surface area contributed by atoms with Gasteiger partial charge in [-0.1, -0.05) is 99.4 Å². The second-order valence-electron chi connectivity index (χ2n) is 12.9. The van der Waals surface area contributed by atoms with E-state index in [-0.39, 0.29) is 6.54 Å². The van der Waals surface area contributed by atoms with E-state index >= 15 is 0 Å². The highest BCUT2D eigenvalue weighted by atomic mass is 32.3. The van der Waals surface area contributed by atoms with Gasteiger partial charge in [-0.3, -0.25) is 0 Å². The van der Waals surface area contributed by atoms with Crippen LogP contribution in [0.3, 0.4) is 0 Å². The van der Waals surface area contributed by atoms with Crippen molar-refractivity contribution in [1.82, 2.24) is 4.90 Å². The minimum atomic E-state index is -1.23. The molecule has 2 aromatic carbocycles. The molecule has 2 aromatic rings. The van der Waals surface area contributed by atoms with Crippen molar-refractivity contribution in [2.75, 3.05) is 6.54 Å². The van der Waals surface area contributed by atoms with Crippen LogP contribution in [-0.2, 0) is 15.9 Å². The first-order valence-electron chi connectivity index (χ1n) is 15.9. The maximum atomic E-state index is 13.1. The highest BCUT2D eigenvalue weighted by Crippen LogP contribution is 2.59. The van der Waals surface area contributed by atoms with Crippen molar-refractivity contribution >= 4 is 33.0 Å². The number of hydrogen-bond donors (Lipinski definition) is 0. The molecule has 2 rings (SSSR count). The normalized spacial score (nSPS) is 12.0. The summed E-state index contributed by atoms with van der Waals surface area (Å²) >= 11 is 0. The van der Waals surface area contributed by atoms with E-state index in [0.717, 1.165) is 26.8 Å². The van der Waals surface area contributed by atoms with Gasteiger partial charge in [-0.25, -0.2) is 14.5 Å². The average Bonchev–Trinajstić information content (AvgIpc) is 2.88. The third kappa shape index (κ3) is 12.1. The first-order chi connectivity index (χ1) is 19.9. The van der Waals surface area contributed by atoms with E-state index in [4.69, 9.17) is 9.47 Å². The molecule has 0 N–H and O–H groups in total. The zero-order valence-electron chi connectivity index (χ0n) is 30.1. The molecular formula is C37H61NO4S. The van der Waals surface area contributed by atoms with Crippen LogP contribution in [0.4, 0.5) is 9.59 Å². The number of imide groups is 1. The summed E-state index contributed by atoms with van der Waals surface area (Å²) in [5, 5.41) is 7.37. The van der Waals surface area contributed by atoms with Gasteiger partial charge in [0, 0.05) is 12.1 Å². The molecule has 0 atom stereocenters. The lowest BCUT2D eigenvalue weighted by Crippen LogP contribution is -2.44. The van der Waals surface area contributed by atoms with Crippen LogP contribution in [0.15, 0.2) is 36.4 Å². The average molecular weight is 616 g/mol. The molecule has 0 aliphatic carbocycles. The molecule has 0 heterocycles. The van der Waals surface area contributed by atoms with Crippen molar-refractivity contribution in [2.45, 2.75) is 144 Å². The Balaban J connectivity index is 0.00000422. The van der Waals surface area contributed by atoms with Crippen molar-refractivity contribution in [2.24, 2.45) is 0 Å². The third-order valence-corrected chi connectivity index (χ3v) is 11.6. The van der Waals surface area contributed by atoms with Gasteiger partial charge in [-0.05, 0) is 97.4 Å². The van der Waals surface area contributed by atoms with Crippen LogP contribution in [0.25, 0.3) is 10.8 Å². The molecule has 5 nitrogen and oxygen atoms in total. The summed E-state index contributed by atoms with van der Waals surface area (Å²) < 4.78 is 11.1. The topological polar surface area (TPSA) is 55.8 Å². The zero-order chi connectivity index (χ0) is 33.8. The monoisotopic (exact) mass is 615 g/mol. The quantitative estimate of drug-likeness (QED) is 0.303. The Morgan fingerprint density at radius 1 is 0.744 bits per heavy atom. The number of hydrogen-bond acceptors (Lipinski definition) is 4. The van der Waals surface area contributed by atoms with Crippen LogP contribution in [-0.4, -0.2) is 50.6 Å². The van der Waals surface area contributed by atoms with Gasteiger partial charge < -0.3 is 9.47 Å². The van der Waals surface area contributed by atoms with Gasteiger partial charge in [0.2, 0.25) is 0 Å². The number of carbonyl (C=O) groups is 2. The first kappa shape index (κ1) is 40.4. The molecule has 0 spiro atoms. The summed E-state index contributed by atoms with van der Waals surface area (Å²) in [6, 6.07) is 12.5. The summed E-state index contributed by atoms with van der Waals surface area (Å²) in [5.74, 6) is 3.59. The second kappa shape index (κ2) is 17.6. The molecule has 0 saturated carbocycles. The number of fused-ring (bicyclic) bond motifs is 1. The number of amides is 2. The fraction of sp³-hybridized carbons (Fsp3) is 0.622. The molecule has 0 aliphatic rings. The number of rotatable bonds is 6. The highest BCUT2D eigenvalue weighted by Gasteiger charge is 2.33. The molecule has 0 unspecified atom stereocenters. The van der Waals surface area contributed by atoms with E-state index in [1.807, 2.05) is 39.8 Å². The Kier molecular flexibility index (Phi) is 16.5. The van der Waals surface area contributed by atoms with Crippen LogP contribution in [0.5, 0.6) is 0 Å². The third-order valence-electron chi connectivity index (χ3n) is 6.51. The molecule has 0 aliphatic heterocycles. The van der Waals surface area contributed by atoms with E-state index < -0.39 is 33.4 Å². The summed E-state index contributed by atoms with van der Waals surface area (Å²) in [6.45, 7) is 32.5. The number of benzene rings is 2. The van der Waals surface area contributed by atoms with E-state index in [1.165, 1.54) is 0 Å². The maximum absolute atomic E-state index is 13.1. The lowest BCUT2D eigenvalue weighted by Gasteiger charge is -2.46. The standard InChI is InChI=1S/C33H49NO4S.2C2H6/c1-23(2)39(24(3)4,25(5)6)20-18-29-22-27-16-14-13-15-26(27)21-28(29)17-19-34(30(35)37-32(7,8)9)31(36)38-33(10,11)12;2*1-2/h13-16,21-25H,17,19H2,1-12H3;2*1-2H3. The van der Waals surface area contributed by atoms with E-state index in [1.54, 1.807) is 41.5 Å². The number of nitrogens with zero attached hydrogens (tertiary/aromatic N) is 1. The molecule has 0 fully saturated rings. The molecule has 0 saturated heterocycles. The molecule has 0 radical (unpaired) electrons. The van der Waals surface area contributed by atoms with E-state index in [0.29, 0.717) is 22.2 Å². The van der Waals surface area contributed by atoms with Crippen molar-refractivity contribution in [1.29, 1.82) is 0 Å². The Morgan fingerprint density at radius 3 is 1.51 bits per heavy atom. The van der Waals surface area contributed by atoms with Gasteiger partial charge in [0.25, 0.3) is 0 Å². The Bertz CT molecular complexity index is 1170. The Morgan fingerprint density at radius 2 is 1.14 bits per heavy atom. The maximum Gasteiger partial charge on any atom is 0.419 e. The van der Waals surface area contributed by atoms with Gasteiger partial charge in [0.15, 0.2) is 0 Å². The van der Waals surface area contributed by atoms with Crippen LogP contribution < -0.4 is 0 Å². The smallest absolute Gasteiger partial charge is 0.419 e. The van der Waals surface area contributed by atoms with Crippen LogP contribution >= 0.6 is 10.0 Å². The van der Waals surface area contributed by atoms with E-state index in [9.17, 15) is 9.59 Å². The minimum Gasteiger partial charge on any atom is -0.443 e. The predicted octanol–water partition coefficient (Wildman–Crippen LogP) is 10.9.